The SMILES string of the molecule is COc1cc(OC)c2c(=O)[nH]c(-c3ccc(N4CCC(N=[N+]=NC(=O)c5ccccc5)CC4)cc3)nc2c1. The van der Waals surface area contributed by atoms with Crippen LogP contribution in [0, 0.1) is 0 Å². The van der Waals surface area contributed by atoms with Gasteiger partial charge in [0.25, 0.3) is 5.56 Å². The zero-order valence-electron chi connectivity index (χ0n) is 21.1. The van der Waals surface area contributed by atoms with Gasteiger partial charge in [-0.15, -0.1) is 0 Å². The normalized spacial score (nSPS) is 13.6. The first-order valence-electron chi connectivity index (χ1n) is 12.3. The Labute approximate surface area is 218 Å². The topological polar surface area (TPSA) is 123 Å². The van der Waals surface area contributed by atoms with Crippen molar-refractivity contribution in [1.29, 1.82) is 0 Å². The molecular formula is C28H27N6O4+. The summed E-state index contributed by atoms with van der Waals surface area (Å²) >= 11 is 0. The van der Waals surface area contributed by atoms with Gasteiger partial charge in [-0.2, -0.15) is 0 Å². The molecule has 1 aromatic heterocycles. The number of hydrogen-bond acceptors (Lipinski definition) is 7. The molecular weight excluding hydrogens is 484 g/mol. The number of fused-ring (bicyclic) bond motifs is 1. The molecule has 10 nitrogen and oxygen atoms in total. The van der Waals surface area contributed by atoms with Crippen LogP contribution in [0.4, 0.5) is 5.69 Å². The Morgan fingerprint density at radius 3 is 2.45 bits per heavy atom. The molecule has 1 amide bonds. The molecule has 1 saturated heterocycles. The number of benzene rings is 3. The van der Waals surface area contributed by atoms with Gasteiger partial charge in [0.05, 0.1) is 19.7 Å². The minimum Gasteiger partial charge on any atom is -0.497 e. The number of anilines is 1. The lowest BCUT2D eigenvalue weighted by Crippen LogP contribution is -2.35. The largest absolute Gasteiger partial charge is 0.497 e. The van der Waals surface area contributed by atoms with Gasteiger partial charge in [0, 0.05) is 42.0 Å². The molecule has 38 heavy (non-hydrogen) atoms. The highest BCUT2D eigenvalue weighted by molar-refractivity contribution is 5.94. The number of rotatable bonds is 6. The van der Waals surface area contributed by atoms with Crippen molar-refractivity contribution in [2.45, 2.75) is 18.9 Å². The second-order valence-corrected chi connectivity index (χ2v) is 8.88. The van der Waals surface area contributed by atoms with Crippen LogP contribution < -0.4 is 24.8 Å². The first-order chi connectivity index (χ1) is 18.6. The van der Waals surface area contributed by atoms with Crippen LogP contribution >= 0.6 is 0 Å². The molecule has 5 rings (SSSR count). The quantitative estimate of drug-likeness (QED) is 0.303. The van der Waals surface area contributed by atoms with Crippen LogP contribution in [-0.2, 0) is 0 Å². The second-order valence-electron chi connectivity index (χ2n) is 8.88. The molecule has 3 aromatic carbocycles. The average Bonchev–Trinajstić information content (AvgIpc) is 2.97. The van der Waals surface area contributed by atoms with Crippen molar-refractivity contribution in [3.8, 4) is 22.9 Å². The van der Waals surface area contributed by atoms with Gasteiger partial charge >= 0.3 is 5.91 Å². The molecule has 0 aliphatic carbocycles. The molecule has 0 unspecified atom stereocenters. The number of methoxy groups -OCH3 is 2. The predicted molar refractivity (Wildman–Crippen MR) is 144 cm³/mol. The van der Waals surface area contributed by atoms with Crippen molar-refractivity contribution in [3.63, 3.8) is 0 Å². The van der Waals surface area contributed by atoms with Gasteiger partial charge in [-0.3, -0.25) is 9.59 Å². The lowest BCUT2D eigenvalue weighted by atomic mass is 10.0. The number of amides is 1. The predicted octanol–water partition coefficient (Wildman–Crippen LogP) is 4.39. The number of carbonyl (C=O) groups is 1. The van der Waals surface area contributed by atoms with Crippen LogP contribution in [0.3, 0.4) is 0 Å². The van der Waals surface area contributed by atoms with E-state index in [9.17, 15) is 9.59 Å². The van der Waals surface area contributed by atoms with Gasteiger partial charge in [0.2, 0.25) is 10.0 Å². The Hall–Kier alpha value is -4.82. The zero-order valence-corrected chi connectivity index (χ0v) is 21.1. The maximum absolute atomic E-state index is 12.8. The molecule has 1 aliphatic heterocycles. The molecule has 10 heteroatoms. The standard InChI is InChI=1S/C28H26N6O4/c1-37-22-16-23-25(24(17-22)38-2)28(36)30-26(29-23)18-8-10-21(11-9-18)34-14-12-20(13-15-34)31-33-32-27(35)19-6-4-3-5-7-19/h3-11,16-17,20H,12-15H2,1-2H3/p+1. The number of hydrogen-bond donors (Lipinski definition) is 1. The number of aromatic nitrogens is 2. The average molecular weight is 512 g/mol. The molecule has 192 valence electrons. The first-order valence-corrected chi connectivity index (χ1v) is 12.3. The van der Waals surface area contributed by atoms with E-state index in [4.69, 9.17) is 9.47 Å². The molecule has 0 atom stereocenters. The van der Waals surface area contributed by atoms with Crippen molar-refractivity contribution < 1.29 is 14.3 Å². The fourth-order valence-corrected chi connectivity index (χ4v) is 4.47. The minimum absolute atomic E-state index is 0.0266. The van der Waals surface area contributed by atoms with Gasteiger partial charge in [0.15, 0.2) is 0 Å². The van der Waals surface area contributed by atoms with Crippen LogP contribution in [-0.4, -0.2) is 49.2 Å². The van der Waals surface area contributed by atoms with E-state index in [1.165, 1.54) is 7.11 Å². The molecule has 0 spiro atoms. The van der Waals surface area contributed by atoms with E-state index < -0.39 is 5.91 Å². The smallest absolute Gasteiger partial charge is 0.360 e. The monoisotopic (exact) mass is 511 g/mol. The van der Waals surface area contributed by atoms with Crippen molar-refractivity contribution >= 4 is 22.5 Å². The first kappa shape index (κ1) is 24.9. The van der Waals surface area contributed by atoms with Crippen LogP contribution in [0.1, 0.15) is 23.2 Å². The molecule has 2 heterocycles. The number of ether oxygens (including phenoxy) is 2. The molecule has 0 radical (unpaired) electrons. The van der Waals surface area contributed by atoms with Crippen LogP contribution in [0.2, 0.25) is 0 Å². The molecule has 4 aromatic rings. The molecule has 1 N–H and O–H groups in total. The van der Waals surface area contributed by atoms with E-state index in [1.807, 2.05) is 30.3 Å². The van der Waals surface area contributed by atoms with E-state index in [-0.39, 0.29) is 11.6 Å². The Bertz CT molecular complexity index is 1570. The van der Waals surface area contributed by atoms with Gasteiger partial charge in [-0.25, -0.2) is 4.98 Å². The fraction of sp³-hybridized carbons (Fsp3) is 0.250. The van der Waals surface area contributed by atoms with Gasteiger partial charge < -0.3 is 19.4 Å². The Kier molecular flexibility index (Phi) is 7.24. The maximum atomic E-state index is 12.8. The summed E-state index contributed by atoms with van der Waals surface area (Å²) in [4.78, 5) is 38.4. The summed E-state index contributed by atoms with van der Waals surface area (Å²) < 4.78 is 10.7. The molecule has 1 fully saturated rings. The number of aromatic amines is 1. The van der Waals surface area contributed by atoms with E-state index in [2.05, 4.69) is 30.0 Å². The highest BCUT2D eigenvalue weighted by Crippen LogP contribution is 2.29. The third kappa shape index (κ3) is 5.30. The van der Waals surface area contributed by atoms with Crippen LogP contribution in [0.15, 0.2) is 81.8 Å². The number of carbonyl (C=O) groups excluding carboxylic acids is 1. The van der Waals surface area contributed by atoms with Gasteiger partial charge in [-0.1, -0.05) is 18.2 Å². The minimum atomic E-state index is -0.396. The van der Waals surface area contributed by atoms with E-state index in [0.29, 0.717) is 33.8 Å². The molecule has 0 saturated carbocycles. The second kappa shape index (κ2) is 11.1. The summed E-state index contributed by atoms with van der Waals surface area (Å²) in [5.41, 5.74) is 2.58. The third-order valence-corrected chi connectivity index (χ3v) is 6.54. The van der Waals surface area contributed by atoms with Gasteiger partial charge in [-0.05, 0) is 49.2 Å². The lowest BCUT2D eigenvalue weighted by molar-refractivity contribution is 0.0992. The Morgan fingerprint density at radius 1 is 1.03 bits per heavy atom. The van der Waals surface area contributed by atoms with Crippen molar-refractivity contribution in [2.75, 3.05) is 32.2 Å². The van der Waals surface area contributed by atoms with E-state index in [0.717, 1.165) is 37.2 Å². The summed E-state index contributed by atoms with van der Waals surface area (Å²) in [5.74, 6) is 1.05. The summed E-state index contributed by atoms with van der Waals surface area (Å²) in [6.07, 6.45) is 1.62. The zero-order chi connectivity index (χ0) is 26.5. The van der Waals surface area contributed by atoms with Crippen LogP contribution in [0.25, 0.3) is 22.3 Å². The highest BCUT2D eigenvalue weighted by Gasteiger charge is 2.23. The third-order valence-electron chi connectivity index (χ3n) is 6.54. The molecule has 1 aliphatic rings. The van der Waals surface area contributed by atoms with E-state index >= 15 is 0 Å². The number of nitrogens with one attached hydrogen (secondary N) is 1. The summed E-state index contributed by atoms with van der Waals surface area (Å²) in [6, 6.07) is 20.1. The van der Waals surface area contributed by atoms with E-state index in [1.54, 1.807) is 43.5 Å². The number of H-pyrrole nitrogens is 1. The highest BCUT2D eigenvalue weighted by atomic mass is 16.5. The summed E-state index contributed by atoms with van der Waals surface area (Å²) in [6.45, 7) is 1.61. The van der Waals surface area contributed by atoms with Gasteiger partial charge in [0.1, 0.15) is 33.9 Å². The summed E-state index contributed by atoms with van der Waals surface area (Å²) in [5, 5.41) is 8.33. The fourth-order valence-electron chi connectivity index (χ4n) is 4.47. The van der Waals surface area contributed by atoms with Crippen molar-refractivity contribution in [1.82, 2.24) is 14.9 Å². The number of nitrogens with zero attached hydrogens (tertiary/aromatic N) is 5. The van der Waals surface area contributed by atoms with Crippen LogP contribution in [0.5, 0.6) is 11.5 Å². The van der Waals surface area contributed by atoms with Crippen molar-refractivity contribution in [3.05, 3.63) is 82.6 Å². The Balaban J connectivity index is 1.26. The maximum Gasteiger partial charge on any atom is 0.360 e. The molecule has 0 bridgehead atoms. The van der Waals surface area contributed by atoms with Crippen molar-refractivity contribution in [2.24, 2.45) is 10.2 Å². The number of piperidine rings is 1. The summed E-state index contributed by atoms with van der Waals surface area (Å²) in [7, 11) is 3.07. The Morgan fingerprint density at radius 2 is 1.76 bits per heavy atom. The lowest BCUT2D eigenvalue weighted by Gasteiger charge is -2.30.